The van der Waals surface area contributed by atoms with Gasteiger partial charge in [-0.3, -0.25) is 0 Å². The smallest absolute Gasteiger partial charge is 0.0366 e. The van der Waals surface area contributed by atoms with Crippen LogP contribution in [0.25, 0.3) is 0 Å². The summed E-state index contributed by atoms with van der Waals surface area (Å²) < 4.78 is 0. The van der Waals surface area contributed by atoms with Crippen LogP contribution in [-0.2, 0) is 6.54 Å². The molecule has 0 unspecified atom stereocenters. The molecule has 0 atom stereocenters. The van der Waals surface area contributed by atoms with Crippen LogP contribution in [0.3, 0.4) is 0 Å². The van der Waals surface area contributed by atoms with Gasteiger partial charge in [-0.1, -0.05) is 44.7 Å². The van der Waals surface area contributed by atoms with E-state index >= 15 is 0 Å². The molecule has 0 aliphatic carbocycles. The molecule has 0 saturated carbocycles. The summed E-state index contributed by atoms with van der Waals surface area (Å²) in [6.07, 6.45) is 6.76. The maximum atomic E-state index is 3.54. The first-order valence-corrected chi connectivity index (χ1v) is 8.36. The topological polar surface area (TPSA) is 15.3 Å². The molecule has 2 nitrogen and oxygen atoms in total. The van der Waals surface area contributed by atoms with Crippen LogP contribution in [0, 0.1) is 0 Å². The Morgan fingerprint density at radius 1 is 0.850 bits per heavy atom. The van der Waals surface area contributed by atoms with Crippen molar-refractivity contribution in [3.63, 3.8) is 0 Å². The Kier molecular flexibility index (Phi) is 9.14. The number of nitrogens with zero attached hydrogens (tertiary/aromatic N) is 1. The molecule has 2 heteroatoms. The fourth-order valence-electron chi connectivity index (χ4n) is 2.50. The SMILES string of the molecule is CCCCCCCNCc1ccc(N(CC)CC)cc1. The molecular weight excluding hydrogens is 244 g/mol. The van der Waals surface area contributed by atoms with Crippen LogP contribution in [0.1, 0.15) is 58.4 Å². The van der Waals surface area contributed by atoms with E-state index in [0.29, 0.717) is 0 Å². The first-order valence-electron chi connectivity index (χ1n) is 8.36. The minimum atomic E-state index is 0.992. The Morgan fingerprint density at radius 2 is 1.50 bits per heavy atom. The van der Waals surface area contributed by atoms with Crippen LogP contribution >= 0.6 is 0 Å². The second-order valence-electron chi connectivity index (χ2n) is 5.43. The van der Waals surface area contributed by atoms with Crippen molar-refractivity contribution in [1.29, 1.82) is 0 Å². The quantitative estimate of drug-likeness (QED) is 0.595. The lowest BCUT2D eigenvalue weighted by molar-refractivity contribution is 0.583. The third-order valence-electron chi connectivity index (χ3n) is 3.85. The highest BCUT2D eigenvalue weighted by Crippen LogP contribution is 2.14. The third kappa shape index (κ3) is 6.42. The van der Waals surface area contributed by atoms with Gasteiger partial charge in [0.15, 0.2) is 0 Å². The summed E-state index contributed by atoms with van der Waals surface area (Å²) in [5.74, 6) is 0. The molecule has 0 saturated heterocycles. The fraction of sp³-hybridized carbons (Fsp3) is 0.667. The zero-order chi connectivity index (χ0) is 14.6. The molecule has 0 bridgehead atoms. The predicted molar refractivity (Wildman–Crippen MR) is 90.5 cm³/mol. The van der Waals surface area contributed by atoms with Crippen LogP contribution in [0.4, 0.5) is 5.69 Å². The second kappa shape index (κ2) is 10.7. The lowest BCUT2D eigenvalue weighted by Gasteiger charge is -2.21. The number of benzene rings is 1. The van der Waals surface area contributed by atoms with E-state index < -0.39 is 0 Å². The van der Waals surface area contributed by atoms with Crippen LogP contribution in [-0.4, -0.2) is 19.6 Å². The zero-order valence-electron chi connectivity index (χ0n) is 13.6. The zero-order valence-corrected chi connectivity index (χ0v) is 13.6. The lowest BCUT2D eigenvalue weighted by Crippen LogP contribution is -2.21. The molecular formula is C18H32N2. The molecule has 0 spiro atoms. The highest BCUT2D eigenvalue weighted by atomic mass is 15.1. The standard InChI is InChI=1S/C18H32N2/c1-4-7-8-9-10-15-19-16-17-11-13-18(14-12-17)20(5-2)6-3/h11-14,19H,4-10,15-16H2,1-3H3. The van der Waals surface area contributed by atoms with Gasteiger partial charge >= 0.3 is 0 Å². The Bertz CT molecular complexity index is 328. The Balaban J connectivity index is 2.21. The number of anilines is 1. The fourth-order valence-corrected chi connectivity index (χ4v) is 2.50. The van der Waals surface area contributed by atoms with Crippen molar-refractivity contribution in [2.24, 2.45) is 0 Å². The van der Waals surface area contributed by atoms with E-state index in [0.717, 1.165) is 26.2 Å². The number of hydrogen-bond donors (Lipinski definition) is 1. The minimum Gasteiger partial charge on any atom is -0.372 e. The van der Waals surface area contributed by atoms with Crippen molar-refractivity contribution < 1.29 is 0 Å². The summed E-state index contributed by atoms with van der Waals surface area (Å²) in [5, 5.41) is 3.54. The first kappa shape index (κ1) is 17.0. The van der Waals surface area contributed by atoms with E-state index in [1.54, 1.807) is 0 Å². The average molecular weight is 276 g/mol. The molecule has 20 heavy (non-hydrogen) atoms. The van der Waals surface area contributed by atoms with Crippen molar-refractivity contribution in [2.75, 3.05) is 24.5 Å². The molecule has 0 aliphatic rings. The molecule has 0 radical (unpaired) electrons. The number of unbranched alkanes of at least 4 members (excludes halogenated alkanes) is 4. The molecule has 1 rings (SSSR count). The summed E-state index contributed by atoms with van der Waals surface area (Å²) in [4.78, 5) is 2.38. The Labute approximate surface area is 125 Å². The number of nitrogens with one attached hydrogen (secondary N) is 1. The summed E-state index contributed by atoms with van der Waals surface area (Å²) >= 11 is 0. The third-order valence-corrected chi connectivity index (χ3v) is 3.85. The lowest BCUT2D eigenvalue weighted by atomic mass is 10.1. The summed E-state index contributed by atoms with van der Waals surface area (Å²) in [6, 6.07) is 8.98. The van der Waals surface area contributed by atoms with Gasteiger partial charge in [0.05, 0.1) is 0 Å². The van der Waals surface area contributed by atoms with Crippen LogP contribution < -0.4 is 10.2 Å². The first-order chi connectivity index (χ1) is 9.81. The Morgan fingerprint density at radius 3 is 2.10 bits per heavy atom. The van der Waals surface area contributed by atoms with Crippen LogP contribution in [0.15, 0.2) is 24.3 Å². The van der Waals surface area contributed by atoms with Crippen molar-refractivity contribution in [3.8, 4) is 0 Å². The number of rotatable bonds is 11. The van der Waals surface area contributed by atoms with Gasteiger partial charge in [-0.15, -0.1) is 0 Å². The van der Waals surface area contributed by atoms with E-state index in [9.17, 15) is 0 Å². The van der Waals surface area contributed by atoms with Crippen molar-refractivity contribution in [3.05, 3.63) is 29.8 Å². The number of hydrogen-bond acceptors (Lipinski definition) is 2. The van der Waals surface area contributed by atoms with Crippen molar-refractivity contribution in [1.82, 2.24) is 5.32 Å². The largest absolute Gasteiger partial charge is 0.372 e. The monoisotopic (exact) mass is 276 g/mol. The molecule has 0 amide bonds. The molecule has 1 N–H and O–H groups in total. The molecule has 0 aromatic heterocycles. The van der Waals surface area contributed by atoms with E-state index in [4.69, 9.17) is 0 Å². The van der Waals surface area contributed by atoms with Gasteiger partial charge < -0.3 is 10.2 Å². The van der Waals surface area contributed by atoms with Gasteiger partial charge in [-0.25, -0.2) is 0 Å². The maximum Gasteiger partial charge on any atom is 0.0366 e. The predicted octanol–water partition coefficient (Wildman–Crippen LogP) is 4.59. The molecule has 1 aromatic carbocycles. The molecule has 114 valence electrons. The van der Waals surface area contributed by atoms with Gasteiger partial charge in [0.25, 0.3) is 0 Å². The van der Waals surface area contributed by atoms with Gasteiger partial charge in [0, 0.05) is 25.3 Å². The summed E-state index contributed by atoms with van der Waals surface area (Å²) in [6.45, 7) is 11.0. The van der Waals surface area contributed by atoms with Gasteiger partial charge in [0.1, 0.15) is 0 Å². The van der Waals surface area contributed by atoms with Crippen molar-refractivity contribution in [2.45, 2.75) is 59.4 Å². The van der Waals surface area contributed by atoms with E-state index in [1.165, 1.54) is 43.4 Å². The van der Waals surface area contributed by atoms with Gasteiger partial charge in [-0.2, -0.15) is 0 Å². The van der Waals surface area contributed by atoms with Crippen LogP contribution in [0.2, 0.25) is 0 Å². The second-order valence-corrected chi connectivity index (χ2v) is 5.43. The van der Waals surface area contributed by atoms with E-state index in [-0.39, 0.29) is 0 Å². The molecule has 1 aromatic rings. The van der Waals surface area contributed by atoms with Gasteiger partial charge in [-0.05, 0) is 44.5 Å². The highest BCUT2D eigenvalue weighted by Gasteiger charge is 2.01. The molecule has 0 fully saturated rings. The molecule has 0 heterocycles. The maximum absolute atomic E-state index is 3.54. The van der Waals surface area contributed by atoms with Crippen molar-refractivity contribution >= 4 is 5.69 Å². The average Bonchev–Trinajstić information content (AvgIpc) is 2.49. The minimum absolute atomic E-state index is 0.992. The summed E-state index contributed by atoms with van der Waals surface area (Å²) in [7, 11) is 0. The highest BCUT2D eigenvalue weighted by molar-refractivity contribution is 5.47. The normalized spacial score (nSPS) is 10.8. The molecule has 0 aliphatic heterocycles. The Hall–Kier alpha value is -1.02. The summed E-state index contributed by atoms with van der Waals surface area (Å²) in [5.41, 5.74) is 2.72. The van der Waals surface area contributed by atoms with Crippen LogP contribution in [0.5, 0.6) is 0 Å². The van der Waals surface area contributed by atoms with Gasteiger partial charge in [0.2, 0.25) is 0 Å². The van der Waals surface area contributed by atoms with E-state index in [1.807, 2.05) is 0 Å². The van der Waals surface area contributed by atoms with E-state index in [2.05, 4.69) is 55.3 Å².